The van der Waals surface area contributed by atoms with Gasteiger partial charge in [-0.2, -0.15) is 0 Å². The Kier molecular flexibility index (Phi) is 8.44. The number of benzene rings is 1. The summed E-state index contributed by atoms with van der Waals surface area (Å²) in [7, 11) is 0. The lowest BCUT2D eigenvalue weighted by Crippen LogP contribution is -2.46. The molecule has 36 heavy (non-hydrogen) atoms. The molecular weight excluding hydrogens is 485 g/mol. The van der Waals surface area contributed by atoms with E-state index in [0.717, 1.165) is 0 Å². The Balaban J connectivity index is 1.71. The first kappa shape index (κ1) is 25.9. The first-order chi connectivity index (χ1) is 17.4. The number of aliphatic imine (C=N–C) groups is 1. The van der Waals surface area contributed by atoms with Gasteiger partial charge in [0.2, 0.25) is 5.91 Å². The second kappa shape index (κ2) is 11.7. The van der Waals surface area contributed by atoms with Gasteiger partial charge in [0.05, 0.1) is 24.9 Å². The second-order valence-corrected chi connectivity index (χ2v) is 9.58. The summed E-state index contributed by atoms with van der Waals surface area (Å²) in [6.45, 7) is 5.90. The van der Waals surface area contributed by atoms with Gasteiger partial charge in [-0.1, -0.05) is 6.07 Å². The fourth-order valence-electron chi connectivity index (χ4n) is 4.42. The highest BCUT2D eigenvalue weighted by molar-refractivity contribution is 7.11. The van der Waals surface area contributed by atoms with Gasteiger partial charge in [-0.3, -0.25) is 14.7 Å². The van der Waals surface area contributed by atoms with Crippen molar-refractivity contribution in [3.8, 4) is 0 Å². The summed E-state index contributed by atoms with van der Waals surface area (Å²) >= 11 is 1.43. The molecule has 0 saturated carbocycles. The molecule has 1 fully saturated rings. The van der Waals surface area contributed by atoms with Gasteiger partial charge in [-0.25, -0.2) is 14.2 Å². The molecule has 0 bridgehead atoms. The molecule has 192 valence electrons. The minimum absolute atomic E-state index is 0.135. The fourth-order valence-corrected chi connectivity index (χ4v) is 5.00. The van der Waals surface area contributed by atoms with Crippen LogP contribution in [0.1, 0.15) is 41.9 Å². The third-order valence-corrected chi connectivity index (χ3v) is 6.88. The van der Waals surface area contributed by atoms with E-state index in [1.807, 2.05) is 5.38 Å². The van der Waals surface area contributed by atoms with Crippen molar-refractivity contribution in [1.29, 1.82) is 0 Å². The smallest absolute Gasteiger partial charge is 0.338 e. The van der Waals surface area contributed by atoms with Gasteiger partial charge in [0.25, 0.3) is 0 Å². The van der Waals surface area contributed by atoms with E-state index in [9.17, 15) is 14.0 Å². The number of rotatable bonds is 9. The van der Waals surface area contributed by atoms with Crippen molar-refractivity contribution in [2.45, 2.75) is 38.8 Å². The van der Waals surface area contributed by atoms with Crippen LogP contribution in [-0.4, -0.2) is 66.5 Å². The molecule has 0 radical (unpaired) electrons. The van der Waals surface area contributed by atoms with Crippen molar-refractivity contribution in [2.75, 3.05) is 32.8 Å². The van der Waals surface area contributed by atoms with Crippen LogP contribution in [0.4, 0.5) is 4.39 Å². The average molecular weight is 516 g/mol. The Bertz CT molecular complexity index is 1170. The van der Waals surface area contributed by atoms with Crippen LogP contribution in [0.3, 0.4) is 0 Å². The van der Waals surface area contributed by atoms with Crippen LogP contribution in [0, 0.1) is 12.7 Å². The van der Waals surface area contributed by atoms with Gasteiger partial charge in [0.1, 0.15) is 11.9 Å². The van der Waals surface area contributed by atoms with Crippen LogP contribution in [0.5, 0.6) is 0 Å². The number of amidine groups is 1. The Morgan fingerprint density at radius 3 is 2.92 bits per heavy atom. The molecule has 1 aromatic carbocycles. The molecule has 0 aliphatic carbocycles. The Labute approximate surface area is 213 Å². The van der Waals surface area contributed by atoms with Crippen molar-refractivity contribution in [2.24, 2.45) is 10.7 Å². The molecule has 3 N–H and O–H groups in total. The summed E-state index contributed by atoms with van der Waals surface area (Å²) in [4.78, 5) is 35.9. The third-order valence-electron chi connectivity index (χ3n) is 6.10. The first-order valence-corrected chi connectivity index (χ1v) is 12.8. The summed E-state index contributed by atoms with van der Waals surface area (Å²) in [5, 5.41) is 5.87. The Morgan fingerprint density at radius 2 is 2.22 bits per heavy atom. The molecule has 2 aromatic rings. The minimum atomic E-state index is -0.688. The van der Waals surface area contributed by atoms with E-state index in [-0.39, 0.29) is 30.9 Å². The monoisotopic (exact) mass is 515 g/mol. The third kappa shape index (κ3) is 6.15. The maximum Gasteiger partial charge on any atom is 0.338 e. The SMILES string of the molecule is CCOC(=O)C1=C(CN2CCOC(CCC(N)=O)C2)NC(c2nccs2)=NC1c1ccc(F)cc1C. The molecule has 3 heterocycles. The summed E-state index contributed by atoms with van der Waals surface area (Å²) in [6, 6.07) is 3.78. The summed E-state index contributed by atoms with van der Waals surface area (Å²) < 4.78 is 25.2. The number of hydrogen-bond acceptors (Lipinski definition) is 9. The van der Waals surface area contributed by atoms with Gasteiger partial charge in [0, 0.05) is 43.3 Å². The molecule has 4 rings (SSSR count). The van der Waals surface area contributed by atoms with Gasteiger partial charge in [-0.05, 0) is 43.5 Å². The molecule has 1 aromatic heterocycles. The van der Waals surface area contributed by atoms with Crippen LogP contribution in [0.15, 0.2) is 46.0 Å². The lowest BCUT2D eigenvalue weighted by atomic mass is 9.92. The number of carbonyl (C=O) groups excluding carboxylic acids is 2. The lowest BCUT2D eigenvalue weighted by molar-refractivity contribution is -0.139. The minimum Gasteiger partial charge on any atom is -0.463 e. The number of morpholine rings is 1. The number of ether oxygens (including phenoxy) is 2. The van der Waals surface area contributed by atoms with Crippen molar-refractivity contribution in [1.82, 2.24) is 15.2 Å². The summed E-state index contributed by atoms with van der Waals surface area (Å²) in [5.41, 5.74) is 7.74. The molecule has 2 aliphatic heterocycles. The molecule has 1 amide bonds. The van der Waals surface area contributed by atoms with Gasteiger partial charge >= 0.3 is 5.97 Å². The van der Waals surface area contributed by atoms with Crippen molar-refractivity contribution in [3.05, 3.63) is 63.0 Å². The van der Waals surface area contributed by atoms with E-state index in [1.54, 1.807) is 26.1 Å². The number of carbonyl (C=O) groups is 2. The van der Waals surface area contributed by atoms with E-state index in [4.69, 9.17) is 20.2 Å². The molecule has 11 heteroatoms. The number of amides is 1. The fraction of sp³-hybridized carbons (Fsp3) is 0.440. The number of aromatic nitrogens is 1. The van der Waals surface area contributed by atoms with E-state index in [1.165, 1.54) is 23.5 Å². The van der Waals surface area contributed by atoms with E-state index in [2.05, 4.69) is 15.2 Å². The van der Waals surface area contributed by atoms with Crippen LogP contribution in [0.2, 0.25) is 0 Å². The average Bonchev–Trinajstić information content (AvgIpc) is 3.38. The predicted molar refractivity (Wildman–Crippen MR) is 134 cm³/mol. The highest BCUT2D eigenvalue weighted by atomic mass is 32.1. The van der Waals surface area contributed by atoms with Crippen LogP contribution < -0.4 is 11.1 Å². The second-order valence-electron chi connectivity index (χ2n) is 8.69. The number of primary amides is 1. The van der Waals surface area contributed by atoms with E-state index >= 15 is 0 Å². The topological polar surface area (TPSA) is 119 Å². The van der Waals surface area contributed by atoms with Crippen LogP contribution in [0.25, 0.3) is 0 Å². The van der Waals surface area contributed by atoms with Gasteiger partial charge < -0.3 is 20.5 Å². The molecule has 1 saturated heterocycles. The quantitative estimate of drug-likeness (QED) is 0.493. The zero-order valence-corrected chi connectivity index (χ0v) is 21.1. The Hall–Kier alpha value is -3.15. The van der Waals surface area contributed by atoms with E-state index in [0.29, 0.717) is 65.9 Å². The zero-order valence-electron chi connectivity index (χ0n) is 20.3. The number of nitrogens with two attached hydrogens (primary N) is 1. The summed E-state index contributed by atoms with van der Waals surface area (Å²) in [6.07, 6.45) is 2.34. The molecular formula is C25H30FN5O4S. The number of nitrogens with one attached hydrogen (secondary N) is 1. The number of halogens is 1. The van der Waals surface area contributed by atoms with E-state index < -0.39 is 12.0 Å². The zero-order chi connectivity index (χ0) is 25.7. The van der Waals surface area contributed by atoms with Gasteiger partial charge in [-0.15, -0.1) is 11.3 Å². The number of aryl methyl sites for hydroxylation is 1. The van der Waals surface area contributed by atoms with Crippen molar-refractivity contribution < 1.29 is 23.5 Å². The van der Waals surface area contributed by atoms with Crippen LogP contribution in [-0.2, 0) is 19.1 Å². The molecule has 9 nitrogen and oxygen atoms in total. The molecule has 0 spiro atoms. The van der Waals surface area contributed by atoms with Crippen molar-refractivity contribution >= 4 is 29.0 Å². The van der Waals surface area contributed by atoms with Crippen molar-refractivity contribution in [3.63, 3.8) is 0 Å². The number of nitrogens with zero attached hydrogens (tertiary/aromatic N) is 3. The van der Waals surface area contributed by atoms with Gasteiger partial charge in [0.15, 0.2) is 10.8 Å². The number of esters is 1. The normalized spacial score (nSPS) is 20.6. The maximum atomic E-state index is 13.9. The highest BCUT2D eigenvalue weighted by Gasteiger charge is 2.35. The predicted octanol–water partition coefficient (Wildman–Crippen LogP) is 2.47. The molecule has 2 unspecified atom stereocenters. The molecule has 2 atom stereocenters. The highest BCUT2D eigenvalue weighted by Crippen LogP contribution is 2.35. The Morgan fingerprint density at radius 1 is 1.39 bits per heavy atom. The lowest BCUT2D eigenvalue weighted by Gasteiger charge is -2.35. The molecule has 2 aliphatic rings. The summed E-state index contributed by atoms with van der Waals surface area (Å²) in [5.74, 6) is -0.653. The first-order valence-electron chi connectivity index (χ1n) is 11.9. The largest absolute Gasteiger partial charge is 0.463 e. The maximum absolute atomic E-state index is 13.9. The van der Waals surface area contributed by atoms with Crippen LogP contribution >= 0.6 is 11.3 Å². The number of thiazole rings is 1. The standard InChI is InChI=1S/C25H30FN5O4S/c1-3-34-25(33)21-19(14-31-9-10-35-17(13-31)5-7-20(27)32)29-23(24-28-8-11-36-24)30-22(21)18-6-4-16(26)12-15(18)2/h4,6,8,11-12,17,22H,3,5,7,9-10,13-14H2,1-2H3,(H2,27,32)(H,29,30). The number of hydrogen-bond donors (Lipinski definition) is 2.